The Hall–Kier alpha value is -3.72. The minimum Gasteiger partial charge on any atom is -0.494 e. The molecule has 2 heterocycles. The predicted octanol–water partition coefficient (Wildman–Crippen LogP) is 3.62. The molecule has 4 rings (SSSR count). The molecular weight excluding hydrogens is 396 g/mol. The van der Waals surface area contributed by atoms with Crippen molar-refractivity contribution in [2.45, 2.75) is 6.92 Å². The first-order valence-corrected chi connectivity index (χ1v) is 9.07. The Balaban J connectivity index is 1.46. The summed E-state index contributed by atoms with van der Waals surface area (Å²) in [4.78, 5) is 16.4. The van der Waals surface area contributed by atoms with E-state index in [1.807, 2.05) is 6.92 Å². The van der Waals surface area contributed by atoms with Crippen LogP contribution in [0.15, 0.2) is 59.3 Å². The molecule has 4 aromatic rings. The van der Waals surface area contributed by atoms with E-state index in [9.17, 15) is 4.79 Å². The summed E-state index contributed by atoms with van der Waals surface area (Å²) >= 11 is 5.89. The van der Waals surface area contributed by atoms with Crippen LogP contribution in [0.3, 0.4) is 0 Å². The fourth-order valence-corrected chi connectivity index (χ4v) is 2.62. The highest BCUT2D eigenvalue weighted by molar-refractivity contribution is 6.30. The third kappa shape index (κ3) is 4.25. The lowest BCUT2D eigenvalue weighted by Crippen LogP contribution is -2.12. The van der Waals surface area contributed by atoms with Crippen LogP contribution in [0.2, 0.25) is 5.02 Å². The summed E-state index contributed by atoms with van der Waals surface area (Å²) in [6.45, 7) is 2.47. The van der Waals surface area contributed by atoms with E-state index >= 15 is 0 Å². The molecule has 9 nitrogen and oxygen atoms in total. The van der Waals surface area contributed by atoms with Crippen LogP contribution in [0.5, 0.6) is 5.75 Å². The molecule has 0 aliphatic carbocycles. The van der Waals surface area contributed by atoms with Gasteiger partial charge in [-0.1, -0.05) is 22.0 Å². The van der Waals surface area contributed by atoms with Gasteiger partial charge >= 0.3 is 11.8 Å². The zero-order chi connectivity index (χ0) is 20.2. The zero-order valence-electron chi connectivity index (χ0n) is 15.2. The molecule has 0 unspecified atom stereocenters. The first-order valence-electron chi connectivity index (χ1n) is 8.69. The molecule has 146 valence electrons. The molecule has 0 saturated heterocycles. The number of aromatic nitrogens is 5. The minimum absolute atomic E-state index is 0.155. The fraction of sp³-hybridized carbons (Fsp3) is 0.105. The van der Waals surface area contributed by atoms with Crippen molar-refractivity contribution in [2.75, 3.05) is 11.9 Å². The van der Waals surface area contributed by atoms with Crippen molar-refractivity contribution in [2.24, 2.45) is 0 Å². The molecule has 0 atom stereocenters. The average Bonchev–Trinajstić information content (AvgIpc) is 3.40. The predicted molar refractivity (Wildman–Crippen MR) is 105 cm³/mol. The Morgan fingerprint density at radius 2 is 1.93 bits per heavy atom. The van der Waals surface area contributed by atoms with Gasteiger partial charge in [-0.05, 0) is 55.5 Å². The van der Waals surface area contributed by atoms with E-state index in [-0.39, 0.29) is 11.7 Å². The molecule has 0 aliphatic rings. The zero-order valence-corrected chi connectivity index (χ0v) is 16.0. The number of hydrogen-bond donors (Lipinski definition) is 1. The number of carbonyl (C=O) groups is 1. The van der Waals surface area contributed by atoms with Crippen molar-refractivity contribution in [3.05, 3.63) is 65.6 Å². The van der Waals surface area contributed by atoms with Crippen molar-refractivity contribution >= 4 is 23.2 Å². The molecule has 1 N–H and O–H groups in total. The minimum atomic E-state index is -0.530. The van der Waals surface area contributed by atoms with Gasteiger partial charge in [0.05, 0.1) is 18.5 Å². The molecule has 0 bridgehead atoms. The maximum Gasteiger partial charge on any atom is 0.316 e. The summed E-state index contributed by atoms with van der Waals surface area (Å²) < 4.78 is 12.0. The Bertz CT molecular complexity index is 1120. The number of carbonyl (C=O) groups excluding carboxylic acids is 1. The molecule has 29 heavy (non-hydrogen) atoms. The summed E-state index contributed by atoms with van der Waals surface area (Å²) in [5.41, 5.74) is 1.71. The van der Waals surface area contributed by atoms with Gasteiger partial charge in [0.1, 0.15) is 5.75 Å². The van der Waals surface area contributed by atoms with Gasteiger partial charge in [0.2, 0.25) is 5.82 Å². The molecule has 10 heteroatoms. The van der Waals surface area contributed by atoms with Crippen molar-refractivity contribution < 1.29 is 14.1 Å². The van der Waals surface area contributed by atoms with E-state index < -0.39 is 5.91 Å². The lowest BCUT2D eigenvalue weighted by molar-refractivity contribution is 0.0981. The maximum absolute atomic E-state index is 12.3. The number of hydrogen-bond acceptors (Lipinski definition) is 7. The van der Waals surface area contributed by atoms with E-state index in [4.69, 9.17) is 20.9 Å². The van der Waals surface area contributed by atoms with Crippen LogP contribution < -0.4 is 10.1 Å². The van der Waals surface area contributed by atoms with Crippen molar-refractivity contribution in [3.63, 3.8) is 0 Å². The number of nitrogens with zero attached hydrogens (tertiary/aromatic N) is 5. The molecule has 0 aliphatic heterocycles. The summed E-state index contributed by atoms with van der Waals surface area (Å²) in [6, 6.07) is 14.0. The summed E-state index contributed by atoms with van der Waals surface area (Å²) in [5, 5.41) is 15.2. The third-order valence-corrected chi connectivity index (χ3v) is 4.11. The summed E-state index contributed by atoms with van der Waals surface area (Å²) in [7, 11) is 0. The van der Waals surface area contributed by atoms with E-state index in [0.29, 0.717) is 28.8 Å². The van der Waals surface area contributed by atoms with Gasteiger partial charge in [0, 0.05) is 10.7 Å². The monoisotopic (exact) mass is 410 g/mol. The quantitative estimate of drug-likeness (QED) is 0.517. The van der Waals surface area contributed by atoms with Crippen LogP contribution in [-0.2, 0) is 0 Å². The van der Waals surface area contributed by atoms with Gasteiger partial charge in [-0.2, -0.15) is 4.98 Å². The van der Waals surface area contributed by atoms with Gasteiger partial charge < -0.3 is 14.6 Å². The number of halogens is 1. The molecule has 0 fully saturated rings. The van der Waals surface area contributed by atoms with E-state index in [1.165, 1.54) is 0 Å². The van der Waals surface area contributed by atoms with Gasteiger partial charge in [-0.25, -0.2) is 4.68 Å². The number of nitrogens with one attached hydrogen (secondary N) is 1. The van der Waals surface area contributed by atoms with E-state index in [1.54, 1.807) is 59.4 Å². The van der Waals surface area contributed by atoms with Crippen LogP contribution in [0.25, 0.3) is 17.2 Å². The van der Waals surface area contributed by atoms with Crippen LogP contribution in [0.4, 0.5) is 5.69 Å². The second-order valence-corrected chi connectivity index (χ2v) is 6.30. The highest BCUT2D eigenvalue weighted by Crippen LogP contribution is 2.18. The second-order valence-electron chi connectivity index (χ2n) is 5.86. The Morgan fingerprint density at radius 1 is 1.17 bits per heavy atom. The summed E-state index contributed by atoms with van der Waals surface area (Å²) in [5.74, 6) is 0.157. The van der Waals surface area contributed by atoms with Gasteiger partial charge in [0.25, 0.3) is 0 Å². The number of rotatable bonds is 6. The molecule has 1 amide bonds. The lowest BCUT2D eigenvalue weighted by atomic mass is 10.3. The van der Waals surface area contributed by atoms with Crippen molar-refractivity contribution in [1.82, 2.24) is 25.1 Å². The summed E-state index contributed by atoms with van der Waals surface area (Å²) in [6.07, 6.45) is 1.63. The standard InChI is InChI=1S/C19H15ClN6O3/c1-2-28-15-9-5-13(6-10-15)21-18(27)19-22-17(24-29-19)16-11-26(25-23-16)14-7-3-12(20)4-8-14/h3-11H,2H2,1H3,(H,21,27). The lowest BCUT2D eigenvalue weighted by Gasteiger charge is -2.05. The molecule has 0 saturated carbocycles. The third-order valence-electron chi connectivity index (χ3n) is 3.86. The molecular formula is C19H15ClN6O3. The smallest absolute Gasteiger partial charge is 0.316 e. The van der Waals surface area contributed by atoms with Gasteiger partial charge in [-0.3, -0.25) is 4.79 Å². The molecule has 0 spiro atoms. The average molecular weight is 411 g/mol. The van der Waals surface area contributed by atoms with Crippen LogP contribution >= 0.6 is 11.6 Å². The number of ether oxygens (including phenoxy) is 1. The van der Waals surface area contributed by atoms with Crippen LogP contribution in [0, 0.1) is 0 Å². The van der Waals surface area contributed by atoms with Crippen LogP contribution in [0.1, 0.15) is 17.6 Å². The van der Waals surface area contributed by atoms with Gasteiger partial charge in [0.15, 0.2) is 5.69 Å². The molecule has 2 aromatic carbocycles. The van der Waals surface area contributed by atoms with Crippen molar-refractivity contribution in [1.29, 1.82) is 0 Å². The SMILES string of the molecule is CCOc1ccc(NC(=O)c2nc(-c3cn(-c4ccc(Cl)cc4)nn3)no2)cc1. The van der Waals surface area contributed by atoms with Crippen molar-refractivity contribution in [3.8, 4) is 23.0 Å². The fourth-order valence-electron chi connectivity index (χ4n) is 2.49. The number of anilines is 1. The normalized spacial score (nSPS) is 10.7. The highest BCUT2D eigenvalue weighted by atomic mass is 35.5. The topological polar surface area (TPSA) is 108 Å². The molecule has 0 radical (unpaired) electrons. The first kappa shape index (κ1) is 18.6. The number of amides is 1. The van der Waals surface area contributed by atoms with Crippen LogP contribution in [-0.4, -0.2) is 37.6 Å². The second kappa shape index (κ2) is 8.11. The molecule has 2 aromatic heterocycles. The van der Waals surface area contributed by atoms with Gasteiger partial charge in [-0.15, -0.1) is 5.10 Å². The maximum atomic E-state index is 12.3. The first-order chi connectivity index (χ1) is 14.1. The Morgan fingerprint density at radius 3 is 2.66 bits per heavy atom. The van der Waals surface area contributed by atoms with E-state index in [0.717, 1.165) is 5.69 Å². The number of benzene rings is 2. The Kier molecular flexibility index (Phi) is 5.21. The highest BCUT2D eigenvalue weighted by Gasteiger charge is 2.18. The largest absolute Gasteiger partial charge is 0.494 e. The Labute approximate surface area is 170 Å². The van der Waals surface area contributed by atoms with E-state index in [2.05, 4.69) is 25.8 Å².